The molecule has 0 heterocycles. The smallest absolute Gasteiger partial charge is 0.346 e. The topological polar surface area (TPSA) is 67.8 Å². The van der Waals surface area contributed by atoms with Crippen LogP contribution in [0.5, 0.6) is 5.75 Å². The Labute approximate surface area is 92.5 Å². The number of rotatable bonds is 4. The third-order valence-electron chi connectivity index (χ3n) is 1.49. The van der Waals surface area contributed by atoms with E-state index in [1.54, 1.807) is 12.1 Å². The minimum Gasteiger partial charge on any atom is -0.507 e. The van der Waals surface area contributed by atoms with Gasteiger partial charge in [-0.15, -0.1) is 5.25 Å². The molecule has 0 amide bonds. The van der Waals surface area contributed by atoms with E-state index in [-0.39, 0.29) is 11.3 Å². The molecule has 5 nitrogen and oxygen atoms in total. The van der Waals surface area contributed by atoms with E-state index in [4.69, 9.17) is 16.3 Å². The zero-order chi connectivity index (χ0) is 11.3. The molecule has 1 unspecified atom stereocenters. The van der Waals surface area contributed by atoms with Gasteiger partial charge in [0.15, 0.2) is 7.07 Å². The van der Waals surface area contributed by atoms with Gasteiger partial charge in [-0.1, -0.05) is 12.1 Å². The zero-order valence-corrected chi connectivity index (χ0v) is 9.71. The maximum absolute atomic E-state index is 11.4. The lowest BCUT2D eigenvalue weighted by atomic mass is 10.2. The van der Waals surface area contributed by atoms with E-state index in [1.807, 2.05) is 0 Å². The second-order valence-corrected chi connectivity index (χ2v) is 4.60. The minimum atomic E-state index is -1.95. The molecule has 7 heteroatoms. The van der Waals surface area contributed by atoms with Gasteiger partial charge in [-0.3, -0.25) is 4.84 Å². The summed E-state index contributed by atoms with van der Waals surface area (Å²) in [5.74, 6) is -0.800. The van der Waals surface area contributed by atoms with E-state index in [9.17, 15) is 9.90 Å². The van der Waals surface area contributed by atoms with Gasteiger partial charge in [0.2, 0.25) is 0 Å². The summed E-state index contributed by atoms with van der Waals surface area (Å²) in [7, 11) is -0.573. The van der Waals surface area contributed by atoms with E-state index < -0.39 is 13.0 Å². The Morgan fingerprint density at radius 2 is 2.20 bits per heavy atom. The van der Waals surface area contributed by atoms with Gasteiger partial charge in [0.05, 0.1) is 7.11 Å². The summed E-state index contributed by atoms with van der Waals surface area (Å²) in [4.78, 5) is 16.0. The zero-order valence-electron chi connectivity index (χ0n) is 7.89. The van der Waals surface area contributed by atoms with Crippen molar-refractivity contribution in [2.75, 3.05) is 7.11 Å². The number of aromatic hydroxyl groups is 1. The van der Waals surface area contributed by atoms with E-state index in [0.717, 1.165) is 0 Å². The van der Waals surface area contributed by atoms with E-state index in [0.29, 0.717) is 0 Å². The van der Waals surface area contributed by atoms with Gasteiger partial charge in [0, 0.05) is 0 Å². The van der Waals surface area contributed by atoms with Crippen LogP contribution in [0.25, 0.3) is 0 Å². The first kappa shape index (κ1) is 12.1. The van der Waals surface area contributed by atoms with Crippen molar-refractivity contribution in [1.82, 2.24) is 5.25 Å². The molecule has 0 saturated heterocycles. The number of para-hydroxylation sites is 1. The van der Waals surface area contributed by atoms with Crippen LogP contribution in [0.2, 0.25) is 0 Å². The van der Waals surface area contributed by atoms with E-state index in [2.05, 4.69) is 10.1 Å². The summed E-state index contributed by atoms with van der Waals surface area (Å²) in [5, 5.41) is 11.7. The third kappa shape index (κ3) is 3.60. The summed E-state index contributed by atoms with van der Waals surface area (Å²) in [6.45, 7) is 0. The second-order valence-electron chi connectivity index (χ2n) is 2.50. The quantitative estimate of drug-likeness (QED) is 0.615. The van der Waals surface area contributed by atoms with Crippen LogP contribution in [0.1, 0.15) is 10.4 Å². The molecule has 1 rings (SSSR count). The highest BCUT2D eigenvalue weighted by Gasteiger charge is 2.12. The molecular weight excluding hydrogens is 237 g/mol. The van der Waals surface area contributed by atoms with Crippen LogP contribution >= 0.6 is 7.07 Å². The molecule has 0 aliphatic carbocycles. The molecule has 15 heavy (non-hydrogen) atoms. The standard InChI is InChI=1S/C8H10NO4PS/c1-12-9-14(15)13-8(11)6-4-2-3-5-7(6)10/h2-5,10,14H,1H3,(H,9,15). The Balaban J connectivity index is 2.70. The van der Waals surface area contributed by atoms with Crippen molar-refractivity contribution in [3.8, 4) is 5.75 Å². The molecule has 0 bridgehead atoms. The van der Waals surface area contributed by atoms with Crippen LogP contribution in [0.3, 0.4) is 0 Å². The van der Waals surface area contributed by atoms with Gasteiger partial charge < -0.3 is 9.63 Å². The molecular formula is C8H10NO4PS. The highest BCUT2D eigenvalue weighted by atomic mass is 32.4. The first-order chi connectivity index (χ1) is 7.15. The molecule has 2 N–H and O–H groups in total. The molecule has 1 aromatic rings. The van der Waals surface area contributed by atoms with E-state index >= 15 is 0 Å². The molecule has 0 saturated carbocycles. The molecule has 0 fully saturated rings. The van der Waals surface area contributed by atoms with Crippen LogP contribution < -0.4 is 5.25 Å². The number of hydrogen-bond acceptors (Lipinski definition) is 5. The van der Waals surface area contributed by atoms with Crippen molar-refractivity contribution in [1.29, 1.82) is 0 Å². The van der Waals surface area contributed by atoms with Crippen molar-refractivity contribution in [3.63, 3.8) is 0 Å². The van der Waals surface area contributed by atoms with Crippen LogP contribution in [0.15, 0.2) is 24.3 Å². The van der Waals surface area contributed by atoms with Crippen molar-refractivity contribution >= 4 is 24.9 Å². The van der Waals surface area contributed by atoms with Gasteiger partial charge in [-0.25, -0.2) is 4.79 Å². The lowest BCUT2D eigenvalue weighted by molar-refractivity contribution is 0.0731. The summed E-state index contributed by atoms with van der Waals surface area (Å²) in [5.41, 5.74) is 0.0859. The number of phenolic OH excluding ortho intramolecular Hbond substituents is 1. The average Bonchev–Trinajstić information content (AvgIpc) is 2.18. The van der Waals surface area contributed by atoms with E-state index in [1.165, 1.54) is 19.2 Å². The number of nitrogens with one attached hydrogen (secondary N) is 1. The summed E-state index contributed by atoms with van der Waals surface area (Å²) < 4.78 is 4.84. The van der Waals surface area contributed by atoms with Crippen LogP contribution in [0, 0.1) is 0 Å². The Morgan fingerprint density at radius 1 is 1.53 bits per heavy atom. The lowest BCUT2D eigenvalue weighted by Gasteiger charge is -2.07. The Bertz CT molecular complexity index is 385. The largest absolute Gasteiger partial charge is 0.507 e. The molecule has 0 aliphatic rings. The predicted octanol–water partition coefficient (Wildman–Crippen LogP) is 1.21. The SMILES string of the molecule is CON[PH](=S)OC(=O)c1ccccc1O. The van der Waals surface area contributed by atoms with Crippen molar-refractivity contribution in [2.45, 2.75) is 0 Å². The fraction of sp³-hybridized carbons (Fsp3) is 0.125. The van der Waals surface area contributed by atoms with Crippen molar-refractivity contribution < 1.29 is 19.3 Å². The molecule has 0 radical (unpaired) electrons. The van der Waals surface area contributed by atoms with Gasteiger partial charge in [-0.2, -0.15) is 0 Å². The highest BCUT2D eigenvalue weighted by molar-refractivity contribution is 8.02. The normalized spacial score (nSPS) is 12.1. The average molecular weight is 247 g/mol. The van der Waals surface area contributed by atoms with Gasteiger partial charge in [0.25, 0.3) is 0 Å². The van der Waals surface area contributed by atoms with Gasteiger partial charge in [0.1, 0.15) is 11.3 Å². The maximum Gasteiger partial charge on any atom is 0.346 e. The number of carbonyl (C=O) groups excluding carboxylic acids is 1. The summed E-state index contributed by atoms with van der Waals surface area (Å²) in [6, 6.07) is 6.08. The number of benzene rings is 1. The van der Waals surface area contributed by atoms with Crippen LogP contribution in [-0.2, 0) is 21.2 Å². The third-order valence-corrected chi connectivity index (χ3v) is 2.74. The fourth-order valence-electron chi connectivity index (χ4n) is 0.890. The Kier molecular flexibility index (Phi) is 4.71. The maximum atomic E-state index is 11.4. The first-order valence-corrected chi connectivity index (χ1v) is 6.52. The fourth-order valence-corrected chi connectivity index (χ4v) is 1.85. The number of hydrogen-bond donors (Lipinski definition) is 2. The first-order valence-electron chi connectivity index (χ1n) is 3.98. The van der Waals surface area contributed by atoms with Crippen LogP contribution in [0.4, 0.5) is 0 Å². The summed E-state index contributed by atoms with van der Waals surface area (Å²) >= 11 is 4.80. The molecule has 1 aromatic carbocycles. The predicted molar refractivity (Wildman–Crippen MR) is 59.3 cm³/mol. The van der Waals surface area contributed by atoms with Gasteiger partial charge >= 0.3 is 5.97 Å². The number of phenols is 1. The highest BCUT2D eigenvalue weighted by Crippen LogP contribution is 2.23. The molecule has 1 atom stereocenters. The van der Waals surface area contributed by atoms with Gasteiger partial charge in [-0.05, 0) is 23.9 Å². The van der Waals surface area contributed by atoms with Crippen molar-refractivity contribution in [3.05, 3.63) is 29.8 Å². The Hall–Kier alpha value is -0.940. The monoisotopic (exact) mass is 247 g/mol. The minimum absolute atomic E-state index is 0.0859. The van der Waals surface area contributed by atoms with Crippen molar-refractivity contribution in [2.24, 2.45) is 0 Å². The summed E-state index contributed by atoms with van der Waals surface area (Å²) in [6.07, 6.45) is 0. The molecule has 82 valence electrons. The second kappa shape index (κ2) is 5.82. The number of carbonyl (C=O) groups is 1. The van der Waals surface area contributed by atoms with Crippen LogP contribution in [-0.4, -0.2) is 18.2 Å². The molecule has 0 aliphatic heterocycles. The lowest BCUT2D eigenvalue weighted by Crippen LogP contribution is -2.07. The molecule has 0 aromatic heterocycles. The Morgan fingerprint density at radius 3 is 2.80 bits per heavy atom. The molecule has 0 spiro atoms.